The molecule has 2 aromatic rings. The topological polar surface area (TPSA) is 79.6 Å². The summed E-state index contributed by atoms with van der Waals surface area (Å²) >= 11 is 5.99. The molecule has 0 aliphatic rings. The van der Waals surface area contributed by atoms with Crippen LogP contribution in [0.2, 0.25) is 5.02 Å². The van der Waals surface area contributed by atoms with Crippen molar-refractivity contribution in [2.45, 2.75) is 32.2 Å². The van der Waals surface area contributed by atoms with Gasteiger partial charge < -0.3 is 9.73 Å². The molecule has 26 heavy (non-hydrogen) atoms. The number of hydrogen-bond donors (Lipinski definition) is 1. The summed E-state index contributed by atoms with van der Waals surface area (Å²) in [6.07, 6.45) is 4.43. The van der Waals surface area contributed by atoms with Gasteiger partial charge in [-0.15, -0.1) is 0 Å². The Labute approximate surface area is 159 Å². The van der Waals surface area contributed by atoms with Gasteiger partial charge in [-0.2, -0.15) is 0 Å². The number of rotatable bonds is 9. The maximum atomic E-state index is 12.6. The maximum Gasteiger partial charge on any atom is 0.243 e. The van der Waals surface area contributed by atoms with Gasteiger partial charge in [0.2, 0.25) is 15.9 Å². The number of nitrogens with zero attached hydrogens (tertiary/aromatic N) is 1. The minimum absolute atomic E-state index is 0.336. The summed E-state index contributed by atoms with van der Waals surface area (Å²) < 4.78 is 31.0. The van der Waals surface area contributed by atoms with Crippen LogP contribution < -0.4 is 9.62 Å². The number of halogens is 1. The van der Waals surface area contributed by atoms with E-state index in [4.69, 9.17) is 16.0 Å². The number of carbonyl (C=O) groups excluding carboxylic acids is 1. The fourth-order valence-electron chi connectivity index (χ4n) is 2.72. The number of furan rings is 1. The SMILES string of the molecule is CCC(C(=O)NCCCc1ccco1)N(c1cccc(Cl)c1)S(C)(=O)=O. The van der Waals surface area contributed by atoms with E-state index in [9.17, 15) is 13.2 Å². The highest BCUT2D eigenvalue weighted by Crippen LogP contribution is 2.25. The highest BCUT2D eigenvalue weighted by Gasteiger charge is 2.31. The Bertz CT molecular complexity index is 821. The average Bonchev–Trinajstić information content (AvgIpc) is 3.08. The van der Waals surface area contributed by atoms with Gasteiger partial charge in [-0.05, 0) is 43.2 Å². The molecule has 1 unspecified atom stereocenters. The second kappa shape index (κ2) is 9.09. The van der Waals surface area contributed by atoms with Gasteiger partial charge >= 0.3 is 0 Å². The first-order valence-corrected chi connectivity index (χ1v) is 10.6. The summed E-state index contributed by atoms with van der Waals surface area (Å²) in [6, 6.07) is 9.32. The summed E-state index contributed by atoms with van der Waals surface area (Å²) in [6.45, 7) is 2.21. The fourth-order valence-corrected chi connectivity index (χ4v) is 4.11. The number of anilines is 1. The number of amides is 1. The van der Waals surface area contributed by atoms with Crippen LogP contribution in [0, 0.1) is 0 Å². The van der Waals surface area contributed by atoms with E-state index in [2.05, 4.69) is 5.32 Å². The van der Waals surface area contributed by atoms with Crippen molar-refractivity contribution in [3.63, 3.8) is 0 Å². The number of benzene rings is 1. The van der Waals surface area contributed by atoms with Crippen LogP contribution in [-0.4, -0.2) is 33.2 Å². The van der Waals surface area contributed by atoms with E-state index in [1.807, 2.05) is 12.1 Å². The van der Waals surface area contributed by atoms with Crippen LogP contribution >= 0.6 is 11.6 Å². The van der Waals surface area contributed by atoms with E-state index < -0.39 is 16.1 Å². The number of carbonyl (C=O) groups is 1. The molecule has 1 N–H and O–H groups in total. The molecule has 8 heteroatoms. The van der Waals surface area contributed by atoms with Gasteiger partial charge in [-0.25, -0.2) is 8.42 Å². The van der Waals surface area contributed by atoms with Crippen molar-refractivity contribution < 1.29 is 17.6 Å². The summed E-state index contributed by atoms with van der Waals surface area (Å²) in [4.78, 5) is 12.6. The molecule has 6 nitrogen and oxygen atoms in total. The molecule has 1 atom stereocenters. The van der Waals surface area contributed by atoms with Gasteiger partial charge in [0.05, 0.1) is 18.2 Å². The zero-order valence-corrected chi connectivity index (χ0v) is 16.4. The Hall–Kier alpha value is -1.99. The number of nitrogens with one attached hydrogen (secondary N) is 1. The Morgan fingerprint density at radius 2 is 2.08 bits per heavy atom. The molecule has 142 valence electrons. The molecule has 0 bridgehead atoms. The van der Waals surface area contributed by atoms with Crippen molar-refractivity contribution >= 4 is 33.2 Å². The van der Waals surface area contributed by atoms with E-state index in [-0.39, 0.29) is 5.91 Å². The van der Waals surface area contributed by atoms with Gasteiger partial charge in [0.1, 0.15) is 11.8 Å². The second-order valence-electron chi connectivity index (χ2n) is 5.94. The van der Waals surface area contributed by atoms with E-state index in [1.165, 1.54) is 6.07 Å². The lowest BCUT2D eigenvalue weighted by Gasteiger charge is -2.30. The van der Waals surface area contributed by atoms with Crippen molar-refractivity contribution in [1.82, 2.24) is 5.32 Å². The first kappa shape index (κ1) is 20.3. The molecule has 0 aliphatic heterocycles. The van der Waals surface area contributed by atoms with Crippen LogP contribution in [0.25, 0.3) is 0 Å². The number of aryl methyl sites for hydroxylation is 1. The molecule has 0 saturated heterocycles. The van der Waals surface area contributed by atoms with Gasteiger partial charge in [0, 0.05) is 18.0 Å². The standard InChI is InChI=1S/C18H23ClN2O4S/c1-3-17(18(22)20-11-5-9-16-10-6-12-25-16)21(26(2,23)24)15-8-4-7-14(19)13-15/h4,6-8,10,12-13,17H,3,5,9,11H2,1-2H3,(H,20,22). The molecular weight excluding hydrogens is 376 g/mol. The molecule has 0 aliphatic carbocycles. The van der Waals surface area contributed by atoms with Crippen LogP contribution in [-0.2, 0) is 21.2 Å². The van der Waals surface area contributed by atoms with E-state index >= 15 is 0 Å². The van der Waals surface area contributed by atoms with Crippen molar-refractivity contribution in [2.75, 3.05) is 17.1 Å². The van der Waals surface area contributed by atoms with Crippen LogP contribution in [0.15, 0.2) is 47.1 Å². The first-order valence-electron chi connectivity index (χ1n) is 8.38. The Morgan fingerprint density at radius 3 is 2.65 bits per heavy atom. The summed E-state index contributed by atoms with van der Waals surface area (Å²) in [7, 11) is -3.66. The third-order valence-electron chi connectivity index (χ3n) is 3.87. The molecule has 2 rings (SSSR count). The lowest BCUT2D eigenvalue weighted by Crippen LogP contribution is -2.49. The van der Waals surface area contributed by atoms with Gasteiger partial charge in [-0.1, -0.05) is 24.6 Å². The lowest BCUT2D eigenvalue weighted by atomic mass is 10.2. The summed E-state index contributed by atoms with van der Waals surface area (Å²) in [5.41, 5.74) is 0.373. The molecule has 1 amide bonds. The zero-order valence-electron chi connectivity index (χ0n) is 14.8. The molecule has 1 heterocycles. The fraction of sp³-hybridized carbons (Fsp3) is 0.389. The molecule has 0 spiro atoms. The third-order valence-corrected chi connectivity index (χ3v) is 5.29. The third kappa shape index (κ3) is 5.51. The quantitative estimate of drug-likeness (QED) is 0.657. The van der Waals surface area contributed by atoms with Crippen LogP contribution in [0.4, 0.5) is 5.69 Å². The Balaban J connectivity index is 2.07. The van der Waals surface area contributed by atoms with E-state index in [0.717, 1.165) is 16.3 Å². The van der Waals surface area contributed by atoms with E-state index in [1.54, 1.807) is 31.4 Å². The van der Waals surface area contributed by atoms with Crippen LogP contribution in [0.5, 0.6) is 0 Å². The summed E-state index contributed by atoms with van der Waals surface area (Å²) in [5.74, 6) is 0.514. The average molecular weight is 399 g/mol. The molecule has 0 saturated carbocycles. The lowest BCUT2D eigenvalue weighted by molar-refractivity contribution is -0.122. The maximum absolute atomic E-state index is 12.6. The molecule has 0 fully saturated rings. The number of hydrogen-bond acceptors (Lipinski definition) is 4. The highest BCUT2D eigenvalue weighted by molar-refractivity contribution is 7.92. The molecular formula is C18H23ClN2O4S. The van der Waals surface area contributed by atoms with E-state index in [0.29, 0.717) is 36.5 Å². The van der Waals surface area contributed by atoms with Gasteiger partial charge in [0.15, 0.2) is 0 Å². The minimum atomic E-state index is -3.66. The van der Waals surface area contributed by atoms with Gasteiger partial charge in [0.25, 0.3) is 0 Å². The van der Waals surface area contributed by atoms with Crippen molar-refractivity contribution in [2.24, 2.45) is 0 Å². The summed E-state index contributed by atoms with van der Waals surface area (Å²) in [5, 5.41) is 3.22. The predicted octanol–water partition coefficient (Wildman–Crippen LogP) is 3.23. The van der Waals surface area contributed by atoms with Crippen molar-refractivity contribution in [3.05, 3.63) is 53.4 Å². The smallest absolute Gasteiger partial charge is 0.243 e. The van der Waals surface area contributed by atoms with Crippen molar-refractivity contribution in [1.29, 1.82) is 0 Å². The molecule has 1 aromatic heterocycles. The van der Waals surface area contributed by atoms with Gasteiger partial charge in [-0.3, -0.25) is 9.10 Å². The monoisotopic (exact) mass is 398 g/mol. The Kier molecular flexibility index (Phi) is 7.11. The minimum Gasteiger partial charge on any atom is -0.469 e. The molecule has 1 aromatic carbocycles. The Morgan fingerprint density at radius 1 is 1.31 bits per heavy atom. The first-order chi connectivity index (χ1) is 12.3. The largest absolute Gasteiger partial charge is 0.469 e. The zero-order chi connectivity index (χ0) is 19.2. The second-order valence-corrected chi connectivity index (χ2v) is 8.23. The predicted molar refractivity (Wildman–Crippen MR) is 103 cm³/mol. The van der Waals surface area contributed by atoms with Crippen LogP contribution in [0.1, 0.15) is 25.5 Å². The van der Waals surface area contributed by atoms with Crippen molar-refractivity contribution in [3.8, 4) is 0 Å². The highest BCUT2D eigenvalue weighted by atomic mass is 35.5. The van der Waals surface area contributed by atoms with Crippen LogP contribution in [0.3, 0.4) is 0 Å². The normalized spacial score (nSPS) is 12.6. The molecule has 0 radical (unpaired) electrons. The number of sulfonamides is 1.